The Hall–Kier alpha value is -1.77. The van der Waals surface area contributed by atoms with Crippen LogP contribution in [0.2, 0.25) is 0 Å². The molecule has 0 aliphatic heterocycles. The van der Waals surface area contributed by atoms with Crippen LogP contribution in [0.15, 0.2) is 23.0 Å². The third-order valence-corrected chi connectivity index (χ3v) is 3.35. The van der Waals surface area contributed by atoms with Crippen molar-refractivity contribution in [1.29, 1.82) is 0 Å². The lowest BCUT2D eigenvalue weighted by atomic mass is 10.2. The molecule has 19 heavy (non-hydrogen) atoms. The van der Waals surface area contributed by atoms with E-state index in [0.29, 0.717) is 17.9 Å². The highest BCUT2D eigenvalue weighted by atomic mass is 127. The molecule has 0 atom stereocenters. The molecule has 100 valence electrons. The van der Waals surface area contributed by atoms with E-state index in [0.717, 1.165) is 0 Å². The quantitative estimate of drug-likeness (QED) is 0.713. The molecule has 2 rings (SSSR count). The number of halogens is 1. The van der Waals surface area contributed by atoms with Crippen LogP contribution in [0.25, 0.3) is 11.4 Å². The van der Waals surface area contributed by atoms with Gasteiger partial charge in [0.25, 0.3) is 5.56 Å². The zero-order valence-electron chi connectivity index (χ0n) is 9.98. The summed E-state index contributed by atoms with van der Waals surface area (Å²) in [6.07, 6.45) is 0. The predicted octanol–water partition coefficient (Wildman–Crippen LogP) is 1.85. The zero-order chi connectivity index (χ0) is 14.0. The number of aromatic nitrogens is 2. The van der Waals surface area contributed by atoms with E-state index in [9.17, 15) is 15.0 Å². The first-order chi connectivity index (χ1) is 9.02. The van der Waals surface area contributed by atoms with Crippen molar-refractivity contribution in [2.75, 3.05) is 6.61 Å². The van der Waals surface area contributed by atoms with Gasteiger partial charge in [0.1, 0.15) is 9.39 Å². The van der Waals surface area contributed by atoms with E-state index in [-0.39, 0.29) is 21.0 Å². The normalized spacial score (nSPS) is 10.4. The number of hydrogen-bond acceptors (Lipinski definition) is 5. The third-order valence-electron chi connectivity index (χ3n) is 2.38. The lowest BCUT2D eigenvalue weighted by Gasteiger charge is -2.08. The Morgan fingerprint density at radius 1 is 1.42 bits per heavy atom. The molecule has 0 saturated heterocycles. The van der Waals surface area contributed by atoms with Crippen molar-refractivity contribution in [3.63, 3.8) is 0 Å². The van der Waals surface area contributed by atoms with Gasteiger partial charge in [-0.15, -0.1) is 0 Å². The fourth-order valence-electron chi connectivity index (χ4n) is 1.52. The minimum absolute atomic E-state index is 0.00248. The molecule has 0 aliphatic carbocycles. The van der Waals surface area contributed by atoms with Crippen LogP contribution in [0.5, 0.6) is 17.4 Å². The van der Waals surface area contributed by atoms with E-state index in [1.165, 1.54) is 6.07 Å². The van der Waals surface area contributed by atoms with Gasteiger partial charge in [0, 0.05) is 5.56 Å². The van der Waals surface area contributed by atoms with Gasteiger partial charge < -0.3 is 19.9 Å². The van der Waals surface area contributed by atoms with Gasteiger partial charge in [-0.3, -0.25) is 4.79 Å². The maximum absolute atomic E-state index is 11.6. The zero-order valence-corrected chi connectivity index (χ0v) is 12.1. The van der Waals surface area contributed by atoms with Crippen molar-refractivity contribution in [2.24, 2.45) is 0 Å². The van der Waals surface area contributed by atoms with Gasteiger partial charge >= 0.3 is 0 Å². The van der Waals surface area contributed by atoms with E-state index in [1.807, 2.05) is 0 Å². The average molecular weight is 374 g/mol. The van der Waals surface area contributed by atoms with E-state index in [4.69, 9.17) is 4.74 Å². The molecule has 0 amide bonds. The van der Waals surface area contributed by atoms with Crippen LogP contribution >= 0.6 is 22.6 Å². The van der Waals surface area contributed by atoms with Crippen molar-refractivity contribution < 1.29 is 14.9 Å². The van der Waals surface area contributed by atoms with Gasteiger partial charge in [-0.2, -0.15) is 4.98 Å². The fraction of sp³-hybridized carbons (Fsp3) is 0.167. The summed E-state index contributed by atoms with van der Waals surface area (Å²) in [6, 6.07) is 4.56. The molecule has 7 heteroatoms. The Kier molecular flexibility index (Phi) is 3.93. The number of rotatable bonds is 3. The molecule has 0 unspecified atom stereocenters. The summed E-state index contributed by atoms with van der Waals surface area (Å²) in [4.78, 5) is 18.0. The first kappa shape index (κ1) is 13.7. The third kappa shape index (κ3) is 2.80. The Balaban J connectivity index is 2.53. The minimum Gasteiger partial charge on any atom is -0.504 e. The summed E-state index contributed by atoms with van der Waals surface area (Å²) >= 11 is 1.71. The van der Waals surface area contributed by atoms with Crippen molar-refractivity contribution in [1.82, 2.24) is 9.97 Å². The molecule has 0 fully saturated rings. The summed E-state index contributed by atoms with van der Waals surface area (Å²) in [5.41, 5.74) is 0.110. The largest absolute Gasteiger partial charge is 0.504 e. The number of H-pyrrole nitrogens is 1. The van der Waals surface area contributed by atoms with E-state index < -0.39 is 5.56 Å². The van der Waals surface area contributed by atoms with Crippen LogP contribution in [0.3, 0.4) is 0 Å². The predicted molar refractivity (Wildman–Crippen MR) is 77.5 cm³/mol. The number of hydrogen-bond donors (Lipinski definition) is 3. The van der Waals surface area contributed by atoms with Crippen LogP contribution in [-0.2, 0) is 0 Å². The molecule has 0 spiro atoms. The standard InChI is InChI=1S/C12H11IN2O4/c1-2-19-8-5-6(3-4-7(8)16)10-14-11(17)9(13)12(18)15-10/h3-5,16H,2H2,1H3,(H2,14,15,17,18). The number of nitrogens with zero attached hydrogens (tertiary/aromatic N) is 1. The second-order valence-corrected chi connectivity index (χ2v) is 4.75. The lowest BCUT2D eigenvalue weighted by Crippen LogP contribution is -2.12. The molecule has 0 radical (unpaired) electrons. The number of aromatic hydroxyl groups is 2. The second kappa shape index (κ2) is 5.47. The molecule has 6 nitrogen and oxygen atoms in total. The maximum Gasteiger partial charge on any atom is 0.268 e. The molecule has 1 heterocycles. The molecule has 3 N–H and O–H groups in total. The molecule has 1 aromatic carbocycles. The molecular weight excluding hydrogens is 363 g/mol. The Morgan fingerprint density at radius 2 is 2.16 bits per heavy atom. The minimum atomic E-state index is -0.422. The van der Waals surface area contributed by atoms with E-state index >= 15 is 0 Å². The summed E-state index contributed by atoms with van der Waals surface area (Å²) in [5, 5.41) is 19.1. The SMILES string of the molecule is CCOc1cc(-c2nc(O)c(I)c(=O)[nH]2)ccc1O. The number of ether oxygens (including phenoxy) is 1. The average Bonchev–Trinajstić information content (AvgIpc) is 2.38. The van der Waals surface area contributed by atoms with E-state index in [1.54, 1.807) is 41.6 Å². The molecule has 0 aliphatic rings. The van der Waals surface area contributed by atoms with Crippen LogP contribution in [-0.4, -0.2) is 26.8 Å². The Morgan fingerprint density at radius 3 is 2.79 bits per heavy atom. The van der Waals surface area contributed by atoms with Gasteiger partial charge in [-0.1, -0.05) is 0 Å². The molecule has 0 saturated carbocycles. The van der Waals surface area contributed by atoms with Crippen LogP contribution < -0.4 is 10.3 Å². The Bertz CT molecular complexity index is 669. The van der Waals surface area contributed by atoms with Crippen LogP contribution in [0.1, 0.15) is 6.92 Å². The summed E-state index contributed by atoms with van der Waals surface area (Å²) < 4.78 is 5.38. The number of aromatic amines is 1. The van der Waals surface area contributed by atoms with Crippen LogP contribution in [0, 0.1) is 3.57 Å². The molecular formula is C12H11IN2O4. The topological polar surface area (TPSA) is 95.4 Å². The second-order valence-electron chi connectivity index (χ2n) is 3.67. The van der Waals surface area contributed by atoms with Crippen LogP contribution in [0.4, 0.5) is 0 Å². The van der Waals surface area contributed by atoms with Crippen molar-refractivity contribution in [3.8, 4) is 28.8 Å². The van der Waals surface area contributed by atoms with Gasteiger partial charge in [0.15, 0.2) is 11.5 Å². The number of benzene rings is 1. The monoisotopic (exact) mass is 374 g/mol. The maximum atomic E-state index is 11.6. The Labute approximate surface area is 122 Å². The number of nitrogens with one attached hydrogen (secondary N) is 1. The van der Waals surface area contributed by atoms with Crippen molar-refractivity contribution >= 4 is 22.6 Å². The highest BCUT2D eigenvalue weighted by Gasteiger charge is 2.11. The highest BCUT2D eigenvalue weighted by molar-refractivity contribution is 14.1. The number of phenols is 1. The van der Waals surface area contributed by atoms with Crippen molar-refractivity contribution in [2.45, 2.75) is 6.92 Å². The van der Waals surface area contributed by atoms with Gasteiger partial charge in [-0.25, -0.2) is 0 Å². The highest BCUT2D eigenvalue weighted by Crippen LogP contribution is 2.30. The van der Waals surface area contributed by atoms with Gasteiger partial charge in [0.05, 0.1) is 6.61 Å². The summed E-state index contributed by atoms with van der Waals surface area (Å²) in [7, 11) is 0. The van der Waals surface area contributed by atoms with Crippen molar-refractivity contribution in [3.05, 3.63) is 32.1 Å². The molecule has 2 aromatic rings. The summed E-state index contributed by atoms with van der Waals surface area (Å²) in [6.45, 7) is 2.20. The lowest BCUT2D eigenvalue weighted by molar-refractivity contribution is 0.318. The smallest absolute Gasteiger partial charge is 0.268 e. The van der Waals surface area contributed by atoms with Gasteiger partial charge in [-0.05, 0) is 47.7 Å². The fourth-order valence-corrected chi connectivity index (χ4v) is 1.77. The first-order valence-electron chi connectivity index (χ1n) is 5.48. The van der Waals surface area contributed by atoms with Gasteiger partial charge in [0.2, 0.25) is 5.88 Å². The number of phenolic OH excluding ortho intramolecular Hbond substituents is 1. The molecule has 1 aromatic heterocycles. The van der Waals surface area contributed by atoms with E-state index in [2.05, 4.69) is 9.97 Å². The summed E-state index contributed by atoms with van der Waals surface area (Å²) in [5.74, 6) is 0.178. The molecule has 0 bridgehead atoms. The first-order valence-corrected chi connectivity index (χ1v) is 6.55.